The highest BCUT2D eigenvalue weighted by molar-refractivity contribution is 6.09. The summed E-state index contributed by atoms with van der Waals surface area (Å²) in [5.41, 5.74) is 8.40. The van der Waals surface area contributed by atoms with Crippen molar-refractivity contribution in [3.05, 3.63) is 132 Å². The van der Waals surface area contributed by atoms with Crippen molar-refractivity contribution in [1.29, 1.82) is 0 Å². The summed E-state index contributed by atoms with van der Waals surface area (Å²) in [5.74, 6) is 2.49. The molecule has 7 rings (SSSR count). The van der Waals surface area contributed by atoms with Gasteiger partial charge in [-0.2, -0.15) is 0 Å². The zero-order chi connectivity index (χ0) is 34.7. The molecule has 0 saturated heterocycles. The molecule has 3 heterocycles. The molecule has 49 heavy (non-hydrogen) atoms. The molecule has 5 heteroatoms. The van der Waals surface area contributed by atoms with Gasteiger partial charge < -0.3 is 14.5 Å². The summed E-state index contributed by atoms with van der Waals surface area (Å²) < 4.78 is 8.92. The molecule has 4 aromatic carbocycles. The van der Waals surface area contributed by atoms with Crippen LogP contribution in [-0.2, 0) is 10.8 Å². The molecule has 0 aliphatic carbocycles. The lowest BCUT2D eigenvalue weighted by Gasteiger charge is -2.31. The van der Waals surface area contributed by atoms with E-state index < -0.39 is 0 Å². The minimum absolute atomic E-state index is 0.0140. The number of hydrogen-bond acceptors (Lipinski definition) is 4. The van der Waals surface area contributed by atoms with E-state index in [9.17, 15) is 0 Å². The van der Waals surface area contributed by atoms with E-state index in [2.05, 4.69) is 180 Å². The molecule has 0 fully saturated rings. The number of allylic oxidation sites excluding steroid dienone is 1. The molecule has 0 unspecified atom stereocenters. The molecule has 0 bridgehead atoms. The molecule has 1 aliphatic heterocycles. The van der Waals surface area contributed by atoms with Crippen LogP contribution in [0.15, 0.2) is 121 Å². The molecule has 250 valence electrons. The number of pyridine rings is 1. The quantitative estimate of drug-likeness (QED) is 0.186. The lowest BCUT2D eigenvalue weighted by molar-refractivity contribution is 0.481. The van der Waals surface area contributed by atoms with Crippen LogP contribution < -0.4 is 14.5 Å². The zero-order valence-electron chi connectivity index (χ0n) is 30.4. The number of aromatic nitrogens is 2. The fraction of sp³-hybridized carbons (Fsp3) is 0.295. The maximum absolute atomic E-state index is 6.65. The average Bonchev–Trinajstić information content (AvgIpc) is 3.65. The molecule has 2 aromatic heterocycles. The van der Waals surface area contributed by atoms with Crippen molar-refractivity contribution in [3.63, 3.8) is 0 Å². The van der Waals surface area contributed by atoms with Gasteiger partial charge in [0.2, 0.25) is 0 Å². The maximum Gasteiger partial charge on any atom is 0.137 e. The molecule has 0 atom stereocenters. The van der Waals surface area contributed by atoms with Gasteiger partial charge in [0.25, 0.3) is 0 Å². The number of benzene rings is 4. The summed E-state index contributed by atoms with van der Waals surface area (Å²) in [7, 11) is 0. The van der Waals surface area contributed by atoms with E-state index >= 15 is 0 Å². The number of para-hydroxylation sites is 2. The highest BCUT2D eigenvalue weighted by Crippen LogP contribution is 2.42. The summed E-state index contributed by atoms with van der Waals surface area (Å²) in [6, 6.07) is 36.5. The average molecular weight is 649 g/mol. The first-order valence-electron chi connectivity index (χ1n) is 17.3. The van der Waals surface area contributed by atoms with Gasteiger partial charge in [-0.25, -0.2) is 4.98 Å². The van der Waals surface area contributed by atoms with Crippen LogP contribution in [0.1, 0.15) is 73.4 Å². The Bertz CT molecular complexity index is 2200. The van der Waals surface area contributed by atoms with Gasteiger partial charge in [0.05, 0.1) is 17.7 Å². The number of hydrogen-bond donors (Lipinski definition) is 0. The fourth-order valence-corrected chi connectivity index (χ4v) is 6.93. The molecule has 1 aliphatic rings. The minimum Gasteiger partial charge on any atom is -0.457 e. The standard InChI is InChI=1S/C44H48N4O/c1-42(2,3)30-23-24-45-41(25-30)48-37-19-12-10-17-34(37)35-22-21-33(27-39(35)48)49-32-16-14-15-31(26-32)47-29-46(28-40(47)44(7,8)9)38-20-13-11-18-36(38)43(4,5)6/h10-28H,29H2,1-9H3. The number of anilines is 2. The summed E-state index contributed by atoms with van der Waals surface area (Å²) in [6.07, 6.45) is 4.25. The Balaban J connectivity index is 1.25. The van der Waals surface area contributed by atoms with E-state index in [1.54, 1.807) is 0 Å². The molecule has 5 nitrogen and oxygen atoms in total. The Morgan fingerprint density at radius 2 is 1.33 bits per heavy atom. The molecule has 0 saturated carbocycles. The number of ether oxygens (including phenoxy) is 1. The summed E-state index contributed by atoms with van der Waals surface area (Å²) in [5, 5.41) is 2.37. The first kappa shape index (κ1) is 32.5. The van der Waals surface area contributed by atoms with E-state index in [1.165, 1.54) is 33.3 Å². The van der Waals surface area contributed by atoms with E-state index in [4.69, 9.17) is 9.72 Å². The van der Waals surface area contributed by atoms with Crippen molar-refractivity contribution in [1.82, 2.24) is 9.55 Å². The Hall–Kier alpha value is -5.03. The SMILES string of the molecule is CC(C)(C)C1=CN(c2ccccc2C(C)(C)C)CN1c1cccc(Oc2ccc3c4ccccc4n(-c4cc(C(C)(C)C)ccn4)c3c2)c1. The van der Waals surface area contributed by atoms with Crippen LogP contribution in [0, 0.1) is 5.41 Å². The normalized spacial score (nSPS) is 14.2. The van der Waals surface area contributed by atoms with Crippen LogP contribution in [0.25, 0.3) is 27.6 Å². The van der Waals surface area contributed by atoms with Crippen LogP contribution in [-0.4, -0.2) is 16.2 Å². The Labute approximate surface area is 291 Å². The van der Waals surface area contributed by atoms with Crippen molar-refractivity contribution in [3.8, 4) is 17.3 Å². The van der Waals surface area contributed by atoms with Crippen molar-refractivity contribution in [2.45, 2.75) is 73.1 Å². The van der Waals surface area contributed by atoms with Crippen LogP contribution >= 0.6 is 0 Å². The Morgan fingerprint density at radius 3 is 2.08 bits per heavy atom. The number of rotatable bonds is 5. The fourth-order valence-electron chi connectivity index (χ4n) is 6.93. The summed E-state index contributed by atoms with van der Waals surface area (Å²) in [4.78, 5) is 9.66. The molecular formula is C44H48N4O. The predicted molar refractivity (Wildman–Crippen MR) is 206 cm³/mol. The lowest BCUT2D eigenvalue weighted by Crippen LogP contribution is -2.31. The second kappa shape index (κ2) is 11.8. The second-order valence-corrected chi connectivity index (χ2v) is 16.4. The topological polar surface area (TPSA) is 33.5 Å². The van der Waals surface area contributed by atoms with Crippen LogP contribution in [0.3, 0.4) is 0 Å². The van der Waals surface area contributed by atoms with Crippen molar-refractivity contribution >= 4 is 33.2 Å². The molecular weight excluding hydrogens is 601 g/mol. The van der Waals surface area contributed by atoms with Gasteiger partial charge in [0.15, 0.2) is 0 Å². The molecule has 0 amide bonds. The second-order valence-electron chi connectivity index (χ2n) is 16.4. The number of fused-ring (bicyclic) bond motifs is 3. The highest BCUT2D eigenvalue weighted by atomic mass is 16.5. The maximum atomic E-state index is 6.65. The van der Waals surface area contributed by atoms with Crippen LogP contribution in [0.4, 0.5) is 11.4 Å². The van der Waals surface area contributed by atoms with Crippen molar-refractivity contribution in [2.75, 3.05) is 16.5 Å². The van der Waals surface area contributed by atoms with Crippen LogP contribution in [0.2, 0.25) is 0 Å². The first-order chi connectivity index (χ1) is 23.2. The third-order valence-corrected chi connectivity index (χ3v) is 9.50. The molecule has 0 N–H and O–H groups in total. The Kier molecular flexibility index (Phi) is 7.85. The monoisotopic (exact) mass is 648 g/mol. The predicted octanol–water partition coefficient (Wildman–Crippen LogP) is 11.7. The van der Waals surface area contributed by atoms with Gasteiger partial charge in [0, 0.05) is 57.8 Å². The van der Waals surface area contributed by atoms with Crippen LogP contribution in [0.5, 0.6) is 11.5 Å². The van der Waals surface area contributed by atoms with Gasteiger partial charge in [-0.3, -0.25) is 4.57 Å². The summed E-state index contributed by atoms with van der Waals surface area (Å²) in [6.45, 7) is 21.1. The van der Waals surface area contributed by atoms with E-state index in [0.717, 1.165) is 40.7 Å². The van der Waals surface area contributed by atoms with E-state index in [0.29, 0.717) is 0 Å². The van der Waals surface area contributed by atoms with Gasteiger partial charge >= 0.3 is 0 Å². The third kappa shape index (κ3) is 6.19. The van der Waals surface area contributed by atoms with Gasteiger partial charge in [-0.1, -0.05) is 105 Å². The van der Waals surface area contributed by atoms with Crippen molar-refractivity contribution < 1.29 is 4.74 Å². The minimum atomic E-state index is -0.0565. The Morgan fingerprint density at radius 1 is 0.612 bits per heavy atom. The molecule has 0 radical (unpaired) electrons. The molecule has 6 aromatic rings. The largest absolute Gasteiger partial charge is 0.457 e. The highest BCUT2D eigenvalue weighted by Gasteiger charge is 2.33. The lowest BCUT2D eigenvalue weighted by atomic mass is 9.85. The van der Waals surface area contributed by atoms with Gasteiger partial charge in [-0.15, -0.1) is 0 Å². The van der Waals surface area contributed by atoms with E-state index in [1.807, 2.05) is 12.3 Å². The first-order valence-corrected chi connectivity index (χ1v) is 17.3. The summed E-state index contributed by atoms with van der Waals surface area (Å²) >= 11 is 0. The molecule has 0 spiro atoms. The van der Waals surface area contributed by atoms with Gasteiger partial charge in [0.1, 0.15) is 17.3 Å². The third-order valence-electron chi connectivity index (χ3n) is 9.50. The van der Waals surface area contributed by atoms with Crippen molar-refractivity contribution in [2.24, 2.45) is 5.41 Å². The van der Waals surface area contributed by atoms with E-state index in [-0.39, 0.29) is 16.2 Å². The smallest absolute Gasteiger partial charge is 0.137 e. The zero-order valence-corrected chi connectivity index (χ0v) is 30.4. The number of nitrogens with zero attached hydrogens (tertiary/aromatic N) is 4. The van der Waals surface area contributed by atoms with Gasteiger partial charge in [-0.05, 0) is 70.5 Å².